The topological polar surface area (TPSA) is 96.4 Å². The number of phenols is 1. The summed E-state index contributed by atoms with van der Waals surface area (Å²) in [6.07, 6.45) is 4.97. The Hall–Kier alpha value is -4.33. The number of hydrogen-bond donors (Lipinski definition) is 2. The molecule has 4 amide bonds. The van der Waals surface area contributed by atoms with Crippen molar-refractivity contribution in [1.29, 1.82) is 0 Å². The quantitative estimate of drug-likeness (QED) is 0.348. The summed E-state index contributed by atoms with van der Waals surface area (Å²) in [5.41, 5.74) is 2.60. The molecule has 4 rings (SSSR count). The highest BCUT2D eigenvalue weighted by Crippen LogP contribution is 2.25. The second kappa shape index (κ2) is 14.0. The first kappa shape index (κ1) is 30.6. The molecule has 10 heteroatoms. The lowest BCUT2D eigenvalue weighted by atomic mass is 10.0. The van der Waals surface area contributed by atoms with Crippen LogP contribution in [0.2, 0.25) is 0 Å². The van der Waals surface area contributed by atoms with Crippen molar-refractivity contribution in [3.05, 3.63) is 100 Å². The van der Waals surface area contributed by atoms with Crippen LogP contribution in [0.3, 0.4) is 0 Å². The number of hydrogen-bond acceptors (Lipinski definition) is 5. The Morgan fingerprint density at radius 3 is 2.43 bits per heavy atom. The van der Waals surface area contributed by atoms with E-state index in [1.165, 1.54) is 14.9 Å². The van der Waals surface area contributed by atoms with Crippen LogP contribution in [0.25, 0.3) is 0 Å². The highest BCUT2D eigenvalue weighted by Gasteiger charge is 2.44. The molecule has 3 aromatic carbocycles. The fraction of sp³-hybridized carbons (Fsp3) is 0.281. The van der Waals surface area contributed by atoms with Gasteiger partial charge in [0.25, 0.3) is 0 Å². The average molecular weight is 633 g/mol. The lowest BCUT2D eigenvalue weighted by Gasteiger charge is -2.49. The van der Waals surface area contributed by atoms with E-state index < -0.39 is 18.2 Å². The van der Waals surface area contributed by atoms with Gasteiger partial charge in [0.1, 0.15) is 18.0 Å². The van der Waals surface area contributed by atoms with Crippen LogP contribution in [0.15, 0.2) is 83.3 Å². The van der Waals surface area contributed by atoms with Crippen LogP contribution in [-0.4, -0.2) is 75.1 Å². The van der Waals surface area contributed by atoms with Crippen LogP contribution in [-0.2, 0) is 29.1 Å². The zero-order valence-electron chi connectivity index (χ0n) is 23.6. The van der Waals surface area contributed by atoms with Gasteiger partial charge in [0.15, 0.2) is 0 Å². The molecule has 1 aliphatic heterocycles. The number of hydrazine groups is 1. The molecule has 0 aliphatic carbocycles. The summed E-state index contributed by atoms with van der Waals surface area (Å²) in [6, 6.07) is 22.3. The second-order valence-electron chi connectivity index (χ2n) is 10.2. The number of likely N-dealkylation sites (N-methyl/N-ethyl adjacent to an activating group) is 1. The minimum absolute atomic E-state index is 0.0437. The summed E-state index contributed by atoms with van der Waals surface area (Å²) >= 11 is 3.47. The lowest BCUT2D eigenvalue weighted by molar-refractivity contribution is -0.173. The monoisotopic (exact) mass is 631 g/mol. The van der Waals surface area contributed by atoms with Crippen LogP contribution < -0.4 is 5.32 Å². The largest absolute Gasteiger partial charge is 0.508 e. The van der Waals surface area contributed by atoms with E-state index in [9.17, 15) is 19.5 Å². The number of terminal acetylenes is 1. The number of rotatable bonds is 9. The van der Waals surface area contributed by atoms with Crippen LogP contribution in [0.1, 0.15) is 23.6 Å². The zero-order chi connectivity index (χ0) is 30.2. The van der Waals surface area contributed by atoms with Gasteiger partial charge in [-0.1, -0.05) is 76.4 Å². The Morgan fingerprint density at radius 1 is 1.07 bits per heavy atom. The number of carbonyl (C=O) groups is 3. The molecular formula is C32H34BrN5O4. The first-order valence-corrected chi connectivity index (χ1v) is 14.3. The molecule has 1 saturated heterocycles. The molecule has 1 fully saturated rings. The molecule has 1 aliphatic rings. The van der Waals surface area contributed by atoms with E-state index in [-0.39, 0.29) is 43.6 Å². The van der Waals surface area contributed by atoms with Crippen LogP contribution >= 0.6 is 15.9 Å². The molecule has 2 N–H and O–H groups in total. The van der Waals surface area contributed by atoms with Crippen LogP contribution in [0.4, 0.5) is 4.79 Å². The standard InChI is InChI=1S/C32H34BrN5O4/c1-4-17-36-22-30(40)37(23(2)38(36)32(42)34-20-25-9-6-5-7-10-25)29(19-24-13-15-28(39)16-14-24)31(41)35(3)21-26-11-8-12-27(33)18-26/h1,5-16,18,23,29,39H,17,19-22H2,2-3H3,(H,34,42)/t23-,29-/m0/s1. The summed E-state index contributed by atoms with van der Waals surface area (Å²) in [4.78, 5) is 44.4. The van der Waals surface area contributed by atoms with Gasteiger partial charge in [-0.3, -0.25) is 9.59 Å². The highest BCUT2D eigenvalue weighted by molar-refractivity contribution is 9.10. The summed E-state index contributed by atoms with van der Waals surface area (Å²) in [5, 5.41) is 15.7. The molecule has 0 aromatic heterocycles. The molecular weight excluding hydrogens is 598 g/mol. The molecule has 9 nitrogen and oxygen atoms in total. The van der Waals surface area contributed by atoms with Crippen molar-refractivity contribution >= 4 is 33.8 Å². The van der Waals surface area contributed by atoms with Crippen molar-refractivity contribution in [3.8, 4) is 18.1 Å². The van der Waals surface area contributed by atoms with Gasteiger partial charge in [-0.2, -0.15) is 5.01 Å². The van der Waals surface area contributed by atoms with E-state index in [1.54, 1.807) is 43.1 Å². The molecule has 0 spiro atoms. The number of aromatic hydroxyl groups is 1. The molecule has 42 heavy (non-hydrogen) atoms. The van der Waals surface area contributed by atoms with Crippen LogP contribution in [0.5, 0.6) is 5.75 Å². The number of benzene rings is 3. The molecule has 0 radical (unpaired) electrons. The van der Waals surface area contributed by atoms with E-state index in [1.807, 2.05) is 54.6 Å². The third kappa shape index (κ3) is 7.49. The third-order valence-electron chi connectivity index (χ3n) is 7.11. The van der Waals surface area contributed by atoms with Gasteiger partial charge in [0, 0.05) is 31.0 Å². The normalized spacial score (nSPS) is 16.0. The number of carbonyl (C=O) groups excluding carboxylic acids is 3. The van der Waals surface area contributed by atoms with Gasteiger partial charge >= 0.3 is 6.03 Å². The van der Waals surface area contributed by atoms with Crippen molar-refractivity contribution in [1.82, 2.24) is 25.1 Å². The maximum atomic E-state index is 14.1. The van der Waals surface area contributed by atoms with E-state index in [0.29, 0.717) is 6.54 Å². The summed E-state index contributed by atoms with van der Waals surface area (Å²) in [6.45, 7) is 2.20. The number of urea groups is 1. The van der Waals surface area contributed by atoms with E-state index >= 15 is 0 Å². The smallest absolute Gasteiger partial charge is 0.334 e. The van der Waals surface area contributed by atoms with Gasteiger partial charge in [-0.15, -0.1) is 6.42 Å². The van der Waals surface area contributed by atoms with Gasteiger partial charge in [0.2, 0.25) is 11.8 Å². The molecule has 218 valence electrons. The van der Waals surface area contributed by atoms with E-state index in [4.69, 9.17) is 6.42 Å². The zero-order valence-corrected chi connectivity index (χ0v) is 25.2. The number of nitrogens with zero attached hydrogens (tertiary/aromatic N) is 4. The number of phenolic OH excluding ortho intramolecular Hbond substituents is 1. The fourth-order valence-corrected chi connectivity index (χ4v) is 5.55. The fourth-order valence-electron chi connectivity index (χ4n) is 5.10. The second-order valence-corrected chi connectivity index (χ2v) is 11.1. The predicted octanol–water partition coefficient (Wildman–Crippen LogP) is 3.97. The van der Waals surface area contributed by atoms with Gasteiger partial charge in [0.05, 0.1) is 13.1 Å². The lowest BCUT2D eigenvalue weighted by Crippen LogP contribution is -2.70. The molecule has 0 unspecified atom stereocenters. The molecule has 1 heterocycles. The van der Waals surface area contributed by atoms with Crippen molar-refractivity contribution in [2.75, 3.05) is 20.1 Å². The van der Waals surface area contributed by atoms with E-state index in [0.717, 1.165) is 21.2 Å². The van der Waals surface area contributed by atoms with Crippen molar-refractivity contribution in [3.63, 3.8) is 0 Å². The molecule has 2 atom stereocenters. The maximum absolute atomic E-state index is 14.1. The summed E-state index contributed by atoms with van der Waals surface area (Å²) in [5.74, 6) is 2.03. The summed E-state index contributed by atoms with van der Waals surface area (Å²) < 4.78 is 0.895. The Morgan fingerprint density at radius 2 is 1.76 bits per heavy atom. The predicted molar refractivity (Wildman–Crippen MR) is 163 cm³/mol. The SMILES string of the molecule is C#CCN1CC(=O)N([C@@H](Cc2ccc(O)cc2)C(=O)N(C)Cc2cccc(Br)c2)[C@H](C)N1C(=O)NCc1ccccc1. The molecule has 0 saturated carbocycles. The Labute approximate surface area is 254 Å². The van der Waals surface area contributed by atoms with Crippen molar-refractivity contribution in [2.45, 2.75) is 38.6 Å². The Bertz CT molecular complexity index is 1440. The Kier molecular flexibility index (Phi) is 10.2. The maximum Gasteiger partial charge on any atom is 0.334 e. The number of halogens is 1. The van der Waals surface area contributed by atoms with Gasteiger partial charge < -0.3 is 20.2 Å². The molecule has 3 aromatic rings. The van der Waals surface area contributed by atoms with Crippen molar-refractivity contribution in [2.24, 2.45) is 0 Å². The molecule has 0 bridgehead atoms. The first-order chi connectivity index (χ1) is 20.2. The minimum atomic E-state index is -0.924. The first-order valence-electron chi connectivity index (χ1n) is 13.6. The van der Waals surface area contributed by atoms with Gasteiger partial charge in [-0.05, 0) is 47.9 Å². The third-order valence-corrected chi connectivity index (χ3v) is 7.60. The van der Waals surface area contributed by atoms with Crippen LogP contribution in [0, 0.1) is 12.3 Å². The number of amides is 4. The average Bonchev–Trinajstić information content (AvgIpc) is 2.96. The Balaban J connectivity index is 1.64. The minimum Gasteiger partial charge on any atom is -0.508 e. The van der Waals surface area contributed by atoms with E-state index in [2.05, 4.69) is 27.2 Å². The number of nitrogens with one attached hydrogen (secondary N) is 1. The highest BCUT2D eigenvalue weighted by atomic mass is 79.9. The van der Waals surface area contributed by atoms with Gasteiger partial charge in [-0.25, -0.2) is 9.80 Å². The summed E-state index contributed by atoms with van der Waals surface area (Å²) in [7, 11) is 1.70. The van der Waals surface area contributed by atoms with Crippen molar-refractivity contribution < 1.29 is 19.5 Å².